The molecule has 8 nitrogen and oxygen atoms in total. The van der Waals surface area contributed by atoms with Crippen molar-refractivity contribution in [1.82, 2.24) is 24.8 Å². The minimum absolute atomic E-state index is 0.274. The van der Waals surface area contributed by atoms with Gasteiger partial charge in [-0.05, 0) is 18.3 Å². The maximum Gasteiger partial charge on any atom is 0.240 e. The van der Waals surface area contributed by atoms with Crippen LogP contribution in [0.1, 0.15) is 32.0 Å². The molecule has 25 heavy (non-hydrogen) atoms. The summed E-state index contributed by atoms with van der Waals surface area (Å²) >= 11 is 0. The van der Waals surface area contributed by atoms with E-state index in [-0.39, 0.29) is 12.5 Å². The highest BCUT2D eigenvalue weighted by Gasteiger charge is 2.27. The lowest BCUT2D eigenvalue weighted by Crippen LogP contribution is -2.51. The van der Waals surface area contributed by atoms with Gasteiger partial charge in [0.1, 0.15) is 0 Å². The molecule has 2 unspecified atom stereocenters. The van der Waals surface area contributed by atoms with E-state index in [1.807, 2.05) is 0 Å². The van der Waals surface area contributed by atoms with E-state index in [1.165, 1.54) is 6.42 Å². The highest BCUT2D eigenvalue weighted by atomic mass is 16.5. The smallest absolute Gasteiger partial charge is 0.240 e. The summed E-state index contributed by atoms with van der Waals surface area (Å²) in [6, 6.07) is 0. The van der Waals surface area contributed by atoms with Gasteiger partial charge in [-0.15, -0.1) is 0 Å². The van der Waals surface area contributed by atoms with Gasteiger partial charge >= 0.3 is 0 Å². The fourth-order valence-electron chi connectivity index (χ4n) is 3.90. The summed E-state index contributed by atoms with van der Waals surface area (Å²) in [5, 5.41) is 3.94. The third-order valence-electron chi connectivity index (χ3n) is 5.10. The number of piperidine rings is 1. The number of likely N-dealkylation sites (tertiary alicyclic amines) is 1. The molecule has 1 aromatic rings. The lowest BCUT2D eigenvalue weighted by Gasteiger charge is -2.38. The van der Waals surface area contributed by atoms with Gasteiger partial charge < -0.3 is 15.2 Å². The normalized spacial score (nSPS) is 26.1. The van der Waals surface area contributed by atoms with Crippen molar-refractivity contribution in [2.45, 2.75) is 33.4 Å². The van der Waals surface area contributed by atoms with E-state index < -0.39 is 0 Å². The topological polar surface area (TPSA) is 91.7 Å². The number of hydrogen-bond acceptors (Lipinski definition) is 7. The largest absolute Gasteiger partial charge is 0.341 e. The maximum absolute atomic E-state index is 12.6. The summed E-state index contributed by atoms with van der Waals surface area (Å²) in [7, 11) is 0. The van der Waals surface area contributed by atoms with Crippen LogP contribution in [-0.4, -0.2) is 76.6 Å². The second kappa shape index (κ2) is 8.25. The number of amides is 1. The third kappa shape index (κ3) is 4.99. The minimum Gasteiger partial charge on any atom is -0.341 e. The second-order valence-electron chi connectivity index (χ2n) is 7.61. The average Bonchev–Trinajstić information content (AvgIpc) is 3.03. The predicted molar refractivity (Wildman–Crippen MR) is 93.4 cm³/mol. The Morgan fingerprint density at radius 1 is 1.16 bits per heavy atom. The summed E-state index contributed by atoms with van der Waals surface area (Å²) in [6.07, 6.45) is 1.23. The molecule has 3 heterocycles. The molecule has 8 heteroatoms. The Morgan fingerprint density at radius 2 is 1.80 bits per heavy atom. The Morgan fingerprint density at radius 3 is 2.40 bits per heavy atom. The Balaban J connectivity index is 1.42. The van der Waals surface area contributed by atoms with Gasteiger partial charge in [-0.1, -0.05) is 19.0 Å². The van der Waals surface area contributed by atoms with Crippen LogP contribution in [0.25, 0.3) is 0 Å². The van der Waals surface area contributed by atoms with E-state index in [0.29, 0.717) is 36.6 Å². The number of hydrogen-bond donors (Lipinski definition) is 1. The molecule has 140 valence electrons. The number of nitrogens with zero attached hydrogens (tertiary/aromatic N) is 5. The van der Waals surface area contributed by atoms with E-state index in [0.717, 1.165) is 39.3 Å². The van der Waals surface area contributed by atoms with Gasteiger partial charge in [-0.3, -0.25) is 14.6 Å². The van der Waals surface area contributed by atoms with E-state index in [9.17, 15) is 4.79 Å². The molecule has 1 aromatic heterocycles. The quantitative estimate of drug-likeness (QED) is 0.808. The van der Waals surface area contributed by atoms with Crippen molar-refractivity contribution >= 4 is 5.91 Å². The van der Waals surface area contributed by atoms with Crippen LogP contribution in [0.3, 0.4) is 0 Å². The first-order valence-corrected chi connectivity index (χ1v) is 9.27. The van der Waals surface area contributed by atoms with Crippen LogP contribution in [0.15, 0.2) is 4.52 Å². The van der Waals surface area contributed by atoms with Gasteiger partial charge in [0.05, 0.1) is 19.6 Å². The second-order valence-corrected chi connectivity index (χ2v) is 7.61. The molecule has 1 amide bonds. The highest BCUT2D eigenvalue weighted by molar-refractivity contribution is 5.78. The van der Waals surface area contributed by atoms with E-state index in [1.54, 1.807) is 0 Å². The standard InChI is InChI=1S/C17H30N6O2/c1-13-7-14(2)10-23(9-13)17(24)12-22-5-3-21(4-6-22)11-15-19-16(8-18)25-20-15/h13-14H,3-12,18H2,1-2H3. The van der Waals surface area contributed by atoms with Crippen molar-refractivity contribution in [3.63, 3.8) is 0 Å². The summed E-state index contributed by atoms with van der Waals surface area (Å²) in [5.74, 6) is 2.65. The van der Waals surface area contributed by atoms with Crippen LogP contribution in [0, 0.1) is 11.8 Å². The van der Waals surface area contributed by atoms with Gasteiger partial charge in [-0.25, -0.2) is 0 Å². The molecule has 0 bridgehead atoms. The Bertz CT molecular complexity index is 559. The zero-order valence-electron chi connectivity index (χ0n) is 15.4. The first kappa shape index (κ1) is 18.3. The SMILES string of the molecule is CC1CC(C)CN(C(=O)CN2CCN(Cc3noc(CN)n3)CC2)C1. The molecular weight excluding hydrogens is 320 g/mol. The molecule has 2 saturated heterocycles. The summed E-state index contributed by atoms with van der Waals surface area (Å²) in [5.41, 5.74) is 5.49. The molecule has 2 atom stereocenters. The molecule has 2 aliphatic heterocycles. The van der Waals surface area contributed by atoms with E-state index in [2.05, 4.69) is 38.7 Å². The van der Waals surface area contributed by atoms with Crippen molar-refractivity contribution in [1.29, 1.82) is 0 Å². The molecule has 2 aliphatic rings. The summed E-state index contributed by atoms with van der Waals surface area (Å²) < 4.78 is 5.04. The number of carbonyl (C=O) groups excluding carboxylic acids is 1. The molecule has 0 aliphatic carbocycles. The van der Waals surface area contributed by atoms with E-state index in [4.69, 9.17) is 10.3 Å². The van der Waals surface area contributed by atoms with Crippen LogP contribution in [-0.2, 0) is 17.9 Å². The summed E-state index contributed by atoms with van der Waals surface area (Å²) in [4.78, 5) is 23.4. The van der Waals surface area contributed by atoms with Gasteiger partial charge in [0.15, 0.2) is 5.82 Å². The molecule has 0 radical (unpaired) electrons. The fourth-order valence-corrected chi connectivity index (χ4v) is 3.90. The van der Waals surface area contributed by atoms with Gasteiger partial charge in [-0.2, -0.15) is 4.98 Å². The molecule has 3 rings (SSSR count). The molecule has 0 spiro atoms. The number of piperazine rings is 1. The van der Waals surface area contributed by atoms with Crippen molar-refractivity contribution in [2.24, 2.45) is 17.6 Å². The molecular formula is C17H30N6O2. The van der Waals surface area contributed by atoms with Crippen molar-refractivity contribution < 1.29 is 9.32 Å². The maximum atomic E-state index is 12.6. The van der Waals surface area contributed by atoms with Crippen molar-refractivity contribution in [2.75, 3.05) is 45.8 Å². The van der Waals surface area contributed by atoms with Crippen LogP contribution in [0.2, 0.25) is 0 Å². The zero-order chi connectivity index (χ0) is 17.8. The number of aromatic nitrogens is 2. The van der Waals surface area contributed by atoms with Crippen molar-refractivity contribution in [3.05, 3.63) is 11.7 Å². The monoisotopic (exact) mass is 350 g/mol. The van der Waals surface area contributed by atoms with E-state index >= 15 is 0 Å². The molecule has 2 fully saturated rings. The fraction of sp³-hybridized carbons (Fsp3) is 0.824. The molecule has 2 N–H and O–H groups in total. The predicted octanol–water partition coefficient (Wildman–Crippen LogP) is 0.150. The first-order valence-electron chi connectivity index (χ1n) is 9.27. The molecule has 0 saturated carbocycles. The lowest BCUT2D eigenvalue weighted by atomic mass is 9.92. The number of carbonyl (C=O) groups is 1. The van der Waals surface area contributed by atoms with Crippen LogP contribution >= 0.6 is 0 Å². The van der Waals surface area contributed by atoms with Crippen LogP contribution in [0.5, 0.6) is 0 Å². The average molecular weight is 350 g/mol. The third-order valence-corrected chi connectivity index (χ3v) is 5.10. The number of rotatable bonds is 5. The minimum atomic E-state index is 0.274. The number of nitrogens with two attached hydrogens (primary N) is 1. The summed E-state index contributed by atoms with van der Waals surface area (Å²) in [6.45, 7) is 11.4. The Hall–Kier alpha value is -1.51. The van der Waals surface area contributed by atoms with Gasteiger partial charge in [0.2, 0.25) is 11.8 Å². The van der Waals surface area contributed by atoms with Crippen LogP contribution < -0.4 is 5.73 Å². The van der Waals surface area contributed by atoms with Crippen molar-refractivity contribution in [3.8, 4) is 0 Å². The van der Waals surface area contributed by atoms with Crippen LogP contribution in [0.4, 0.5) is 0 Å². The van der Waals surface area contributed by atoms with Gasteiger partial charge in [0.25, 0.3) is 0 Å². The Labute approximate surface area is 149 Å². The van der Waals surface area contributed by atoms with Gasteiger partial charge in [0, 0.05) is 39.3 Å². The Kier molecular flexibility index (Phi) is 6.03. The zero-order valence-corrected chi connectivity index (χ0v) is 15.4. The molecule has 0 aromatic carbocycles. The first-order chi connectivity index (χ1) is 12.0. The lowest BCUT2D eigenvalue weighted by molar-refractivity contribution is -0.135. The highest BCUT2D eigenvalue weighted by Crippen LogP contribution is 2.21.